The topological polar surface area (TPSA) is 94.7 Å². The van der Waals surface area contributed by atoms with Crippen LogP contribution in [0.1, 0.15) is 16.7 Å². The lowest BCUT2D eigenvalue weighted by molar-refractivity contribution is -0.121. The van der Waals surface area contributed by atoms with E-state index in [-0.39, 0.29) is 23.5 Å². The Morgan fingerprint density at radius 3 is 2.57 bits per heavy atom. The van der Waals surface area contributed by atoms with Gasteiger partial charge < -0.3 is 5.32 Å². The number of rotatable bonds is 7. The van der Waals surface area contributed by atoms with E-state index in [2.05, 4.69) is 20.6 Å². The van der Waals surface area contributed by atoms with Gasteiger partial charge in [0.05, 0.1) is 6.54 Å². The summed E-state index contributed by atoms with van der Waals surface area (Å²) in [6.45, 7) is 2.88. The summed E-state index contributed by atoms with van der Waals surface area (Å²) < 4.78 is 2.84. The summed E-state index contributed by atoms with van der Waals surface area (Å²) in [6, 6.07) is 17.9. The van der Waals surface area contributed by atoms with Gasteiger partial charge in [-0.15, -0.1) is 5.10 Å². The van der Waals surface area contributed by atoms with E-state index in [1.807, 2.05) is 61.5 Å². The van der Waals surface area contributed by atoms with Gasteiger partial charge in [0.25, 0.3) is 5.56 Å². The third kappa shape index (κ3) is 4.43. The van der Waals surface area contributed by atoms with E-state index in [0.29, 0.717) is 18.7 Å². The second kappa shape index (κ2) is 8.69. The third-order valence-corrected chi connectivity index (χ3v) is 4.84. The number of carbonyl (C=O) groups is 1. The van der Waals surface area contributed by atoms with E-state index in [4.69, 9.17) is 0 Å². The van der Waals surface area contributed by atoms with Gasteiger partial charge in [0.2, 0.25) is 5.91 Å². The Morgan fingerprint density at radius 2 is 1.80 bits per heavy atom. The molecule has 4 rings (SSSR count). The largest absolute Gasteiger partial charge is 0.354 e. The number of carbonyl (C=O) groups excluding carboxylic acids is 1. The van der Waals surface area contributed by atoms with Crippen LogP contribution >= 0.6 is 0 Å². The summed E-state index contributed by atoms with van der Waals surface area (Å²) in [4.78, 5) is 29.2. The maximum Gasteiger partial charge on any atom is 0.283 e. The molecule has 0 bridgehead atoms. The highest BCUT2D eigenvalue weighted by Crippen LogP contribution is 2.08. The summed E-state index contributed by atoms with van der Waals surface area (Å²) in [5, 5.41) is 10.9. The number of hydrogen-bond acceptors (Lipinski definition) is 5. The van der Waals surface area contributed by atoms with Gasteiger partial charge in [0.15, 0.2) is 11.2 Å². The molecule has 2 aromatic carbocycles. The van der Waals surface area contributed by atoms with Gasteiger partial charge in [-0.1, -0.05) is 65.4 Å². The zero-order valence-corrected chi connectivity index (χ0v) is 16.7. The minimum atomic E-state index is -0.381. The molecule has 0 saturated heterocycles. The highest BCUT2D eigenvalue weighted by Gasteiger charge is 2.14. The summed E-state index contributed by atoms with van der Waals surface area (Å²) in [7, 11) is 0. The normalized spacial score (nSPS) is 11.0. The van der Waals surface area contributed by atoms with Crippen LogP contribution in [0, 0.1) is 6.92 Å². The van der Waals surface area contributed by atoms with E-state index in [1.54, 1.807) is 4.68 Å². The second-order valence-electron chi connectivity index (χ2n) is 7.17. The number of nitrogens with zero attached hydrogens (tertiary/aromatic N) is 5. The first kappa shape index (κ1) is 19.5. The van der Waals surface area contributed by atoms with Gasteiger partial charge in [-0.2, -0.15) is 0 Å². The van der Waals surface area contributed by atoms with Crippen LogP contribution in [0.2, 0.25) is 0 Å². The predicted octanol–water partition coefficient (Wildman–Crippen LogP) is 1.70. The summed E-state index contributed by atoms with van der Waals surface area (Å²) >= 11 is 0. The molecule has 30 heavy (non-hydrogen) atoms. The number of hydrogen-bond donors (Lipinski definition) is 1. The number of fused-ring (bicyclic) bond motifs is 1. The van der Waals surface area contributed by atoms with Gasteiger partial charge in [-0.25, -0.2) is 9.67 Å². The molecule has 152 valence electrons. The van der Waals surface area contributed by atoms with Crippen LogP contribution in [-0.4, -0.2) is 37.0 Å². The fourth-order valence-electron chi connectivity index (χ4n) is 3.17. The van der Waals surface area contributed by atoms with Crippen LogP contribution in [-0.2, 0) is 24.3 Å². The molecule has 0 saturated carbocycles. The van der Waals surface area contributed by atoms with E-state index in [0.717, 1.165) is 17.5 Å². The minimum Gasteiger partial charge on any atom is -0.354 e. The molecule has 1 N–H and O–H groups in total. The Labute approximate surface area is 173 Å². The standard InChI is InChI=1S/C22H22N6O2/c1-16-7-9-18(10-8-16)13-28-21-20(25-26-28)22(30)27(15-24-21)14-19(29)23-12-11-17-5-3-2-4-6-17/h2-10,15H,11-14H2,1H3,(H,23,29). The van der Waals surface area contributed by atoms with E-state index < -0.39 is 0 Å². The van der Waals surface area contributed by atoms with E-state index >= 15 is 0 Å². The van der Waals surface area contributed by atoms with Crippen LogP contribution in [0.3, 0.4) is 0 Å². The van der Waals surface area contributed by atoms with Crippen LogP contribution in [0.4, 0.5) is 0 Å². The molecule has 0 aliphatic carbocycles. The molecule has 4 aromatic rings. The van der Waals surface area contributed by atoms with Crippen LogP contribution < -0.4 is 10.9 Å². The minimum absolute atomic E-state index is 0.110. The maximum atomic E-state index is 12.7. The number of amides is 1. The van der Waals surface area contributed by atoms with Crippen LogP contribution in [0.25, 0.3) is 11.2 Å². The lowest BCUT2D eigenvalue weighted by Gasteiger charge is -2.07. The Balaban J connectivity index is 1.42. The van der Waals surface area contributed by atoms with Crippen molar-refractivity contribution in [3.63, 3.8) is 0 Å². The molecule has 0 aliphatic rings. The summed E-state index contributed by atoms with van der Waals surface area (Å²) in [5.41, 5.74) is 3.53. The van der Waals surface area contributed by atoms with E-state index in [1.165, 1.54) is 16.5 Å². The summed E-state index contributed by atoms with van der Waals surface area (Å²) in [6.07, 6.45) is 2.10. The molecular weight excluding hydrogens is 380 g/mol. The SMILES string of the molecule is Cc1ccc(Cn2nnc3c(=O)n(CC(=O)NCCc4ccccc4)cnc32)cc1. The van der Waals surface area contributed by atoms with Crippen molar-refractivity contribution >= 4 is 17.1 Å². The Bertz CT molecular complexity index is 1210. The molecule has 0 fully saturated rings. The fourth-order valence-corrected chi connectivity index (χ4v) is 3.17. The number of benzene rings is 2. The lowest BCUT2D eigenvalue weighted by Crippen LogP contribution is -2.33. The first-order chi connectivity index (χ1) is 14.6. The average Bonchev–Trinajstić information content (AvgIpc) is 3.16. The highest BCUT2D eigenvalue weighted by atomic mass is 16.2. The summed E-state index contributed by atoms with van der Waals surface area (Å²) in [5.74, 6) is -0.249. The van der Waals surface area contributed by atoms with Crippen molar-refractivity contribution in [3.8, 4) is 0 Å². The number of aromatic nitrogens is 5. The monoisotopic (exact) mass is 402 g/mol. The zero-order valence-electron chi connectivity index (χ0n) is 16.7. The van der Waals surface area contributed by atoms with Crippen LogP contribution in [0.5, 0.6) is 0 Å². The van der Waals surface area contributed by atoms with Gasteiger partial charge in [-0.05, 0) is 24.5 Å². The maximum absolute atomic E-state index is 12.7. The molecule has 0 aliphatic heterocycles. The number of nitrogens with one attached hydrogen (secondary N) is 1. The molecule has 8 heteroatoms. The Hall–Kier alpha value is -3.81. The molecule has 1 amide bonds. The molecule has 0 atom stereocenters. The van der Waals surface area contributed by atoms with Crippen molar-refractivity contribution in [1.29, 1.82) is 0 Å². The van der Waals surface area contributed by atoms with Gasteiger partial charge in [0, 0.05) is 6.54 Å². The molecule has 2 heterocycles. The molecule has 2 aromatic heterocycles. The smallest absolute Gasteiger partial charge is 0.283 e. The van der Waals surface area contributed by atoms with Crippen molar-refractivity contribution in [2.24, 2.45) is 0 Å². The van der Waals surface area contributed by atoms with Crippen molar-refractivity contribution in [1.82, 2.24) is 29.9 Å². The lowest BCUT2D eigenvalue weighted by atomic mass is 10.1. The predicted molar refractivity (Wildman–Crippen MR) is 113 cm³/mol. The van der Waals surface area contributed by atoms with Crippen molar-refractivity contribution in [2.75, 3.05) is 6.54 Å². The van der Waals surface area contributed by atoms with Crippen LogP contribution in [0.15, 0.2) is 65.7 Å². The molecule has 8 nitrogen and oxygen atoms in total. The molecule has 0 unspecified atom stereocenters. The fraction of sp³-hybridized carbons (Fsp3) is 0.227. The molecule has 0 spiro atoms. The average molecular weight is 402 g/mol. The van der Waals surface area contributed by atoms with Gasteiger partial charge in [-0.3, -0.25) is 14.2 Å². The molecular formula is C22H22N6O2. The van der Waals surface area contributed by atoms with Crippen molar-refractivity contribution in [3.05, 3.63) is 88.0 Å². The highest BCUT2D eigenvalue weighted by molar-refractivity contribution is 5.76. The van der Waals surface area contributed by atoms with Crippen molar-refractivity contribution in [2.45, 2.75) is 26.4 Å². The van der Waals surface area contributed by atoms with Crippen molar-refractivity contribution < 1.29 is 4.79 Å². The van der Waals surface area contributed by atoms with E-state index in [9.17, 15) is 9.59 Å². The second-order valence-corrected chi connectivity index (χ2v) is 7.17. The van der Waals surface area contributed by atoms with Gasteiger partial charge in [0.1, 0.15) is 12.9 Å². The van der Waals surface area contributed by atoms with Gasteiger partial charge >= 0.3 is 0 Å². The Kier molecular flexibility index (Phi) is 5.65. The third-order valence-electron chi connectivity index (χ3n) is 4.84. The number of aryl methyl sites for hydroxylation is 1. The zero-order chi connectivity index (χ0) is 20.9. The first-order valence-electron chi connectivity index (χ1n) is 9.75. The first-order valence-corrected chi connectivity index (χ1v) is 9.75. The Morgan fingerprint density at radius 1 is 1.03 bits per heavy atom. The molecule has 0 radical (unpaired) electrons. The quantitative estimate of drug-likeness (QED) is 0.508.